The van der Waals surface area contributed by atoms with E-state index in [2.05, 4.69) is 6.92 Å². The zero-order chi connectivity index (χ0) is 25.6. The molecule has 35 heavy (non-hydrogen) atoms. The molecule has 0 aliphatic heterocycles. The van der Waals surface area contributed by atoms with E-state index in [1.54, 1.807) is 6.07 Å². The summed E-state index contributed by atoms with van der Waals surface area (Å²) in [6, 6.07) is 9.99. The van der Waals surface area contributed by atoms with Crippen molar-refractivity contribution in [2.75, 3.05) is 0 Å². The number of rotatable bonds is 9. The van der Waals surface area contributed by atoms with E-state index in [-0.39, 0.29) is 28.3 Å². The fourth-order valence-electron chi connectivity index (χ4n) is 3.87. The molecule has 0 saturated carbocycles. The monoisotopic (exact) mass is 494 g/mol. The average molecular weight is 494 g/mol. The minimum absolute atomic E-state index is 0.00794. The van der Waals surface area contributed by atoms with E-state index in [4.69, 9.17) is 0 Å². The van der Waals surface area contributed by atoms with Crippen molar-refractivity contribution < 1.29 is 30.7 Å². The van der Waals surface area contributed by atoms with E-state index < -0.39 is 35.0 Å². The molecule has 0 aliphatic carbocycles. The van der Waals surface area contributed by atoms with Gasteiger partial charge < -0.3 is 0 Å². The Labute approximate surface area is 200 Å². The topological polar surface area (TPSA) is 0 Å². The Morgan fingerprint density at radius 2 is 1.23 bits per heavy atom. The maximum Gasteiger partial charge on any atom is 0.409 e. The lowest BCUT2D eigenvalue weighted by Crippen LogP contribution is -2.01. The Hall–Kier alpha value is -3.09. The third-order valence-corrected chi connectivity index (χ3v) is 5.71. The van der Waals surface area contributed by atoms with Gasteiger partial charge in [0, 0.05) is 22.8 Å². The van der Waals surface area contributed by atoms with Gasteiger partial charge in [-0.05, 0) is 59.9 Å². The van der Waals surface area contributed by atoms with E-state index in [9.17, 15) is 30.7 Å². The van der Waals surface area contributed by atoms with Crippen LogP contribution in [0.1, 0.15) is 50.2 Å². The second kappa shape index (κ2) is 11.6. The van der Waals surface area contributed by atoms with E-state index >= 15 is 0 Å². The van der Waals surface area contributed by atoms with E-state index in [1.807, 2.05) is 0 Å². The van der Waals surface area contributed by atoms with Crippen LogP contribution in [0.5, 0.6) is 0 Å². The number of benzene rings is 3. The zero-order valence-corrected chi connectivity index (χ0v) is 19.2. The highest BCUT2D eigenvalue weighted by molar-refractivity contribution is 5.72. The normalized spacial score (nSPS) is 12.0. The van der Waals surface area contributed by atoms with Gasteiger partial charge in [0.1, 0.15) is 23.3 Å². The Balaban J connectivity index is 1.81. The summed E-state index contributed by atoms with van der Waals surface area (Å²) in [5, 5.41) is 0. The van der Waals surface area contributed by atoms with Crippen molar-refractivity contribution in [2.24, 2.45) is 0 Å². The highest BCUT2D eigenvalue weighted by atomic mass is 19.4. The molecule has 0 aliphatic rings. The molecule has 0 unspecified atom stereocenters. The molecule has 0 saturated heterocycles. The predicted molar refractivity (Wildman–Crippen MR) is 125 cm³/mol. The minimum atomic E-state index is -4.72. The standard InChI is InChI=1S/C28H25F7/c1-2-3-4-5-6-7-18-8-10-21(24(29)14-18)22-11-9-19(15-25(22)30)20-16-26(31)23(27(32)17-20)12-13-28(33,34)35/h8-17H,2-7H2,1H3/b13-12+. The highest BCUT2D eigenvalue weighted by Gasteiger charge is 2.23. The number of allylic oxidation sites excluding steroid dienone is 1. The number of alkyl halides is 3. The van der Waals surface area contributed by atoms with Gasteiger partial charge in [-0.1, -0.05) is 56.9 Å². The van der Waals surface area contributed by atoms with Crippen molar-refractivity contribution in [3.8, 4) is 22.3 Å². The van der Waals surface area contributed by atoms with Crippen LogP contribution in [0, 0.1) is 23.3 Å². The number of halogens is 7. The molecule has 0 spiro atoms. The van der Waals surface area contributed by atoms with E-state index in [0.717, 1.165) is 55.9 Å². The first-order valence-corrected chi connectivity index (χ1v) is 11.4. The molecule has 0 fully saturated rings. The van der Waals surface area contributed by atoms with Crippen LogP contribution in [0.25, 0.3) is 28.3 Å². The molecule has 0 atom stereocenters. The summed E-state index contributed by atoms with van der Waals surface area (Å²) in [6.07, 6.45) is 1.49. The quantitative estimate of drug-likeness (QED) is 0.205. The van der Waals surface area contributed by atoms with Crippen molar-refractivity contribution in [2.45, 2.75) is 51.6 Å². The smallest absolute Gasteiger partial charge is 0.206 e. The summed E-state index contributed by atoms with van der Waals surface area (Å²) >= 11 is 0. The number of unbranched alkanes of at least 4 members (excludes halogenated alkanes) is 4. The molecular formula is C28H25F7. The summed E-state index contributed by atoms with van der Waals surface area (Å²) in [4.78, 5) is 0. The van der Waals surface area contributed by atoms with Gasteiger partial charge in [0.15, 0.2) is 0 Å². The van der Waals surface area contributed by atoms with Gasteiger partial charge in [-0.3, -0.25) is 0 Å². The van der Waals surface area contributed by atoms with E-state index in [0.29, 0.717) is 6.08 Å². The molecule has 3 rings (SSSR count). The number of hydrogen-bond acceptors (Lipinski definition) is 0. The predicted octanol–water partition coefficient (Wildman–Crippen LogP) is 9.67. The average Bonchev–Trinajstić information content (AvgIpc) is 2.78. The van der Waals surface area contributed by atoms with Crippen LogP contribution >= 0.6 is 0 Å². The second-order valence-corrected chi connectivity index (χ2v) is 8.40. The Morgan fingerprint density at radius 1 is 0.657 bits per heavy atom. The van der Waals surface area contributed by atoms with Crippen molar-refractivity contribution >= 4 is 6.08 Å². The fraction of sp³-hybridized carbons (Fsp3) is 0.286. The molecule has 3 aromatic rings. The lowest BCUT2D eigenvalue weighted by atomic mass is 9.96. The molecule has 0 bridgehead atoms. The van der Waals surface area contributed by atoms with Gasteiger partial charge in [-0.2, -0.15) is 13.2 Å². The van der Waals surface area contributed by atoms with Crippen molar-refractivity contribution in [1.82, 2.24) is 0 Å². The molecule has 0 nitrogen and oxygen atoms in total. The van der Waals surface area contributed by atoms with Gasteiger partial charge in [0.25, 0.3) is 0 Å². The first kappa shape index (κ1) is 26.5. The molecule has 3 aromatic carbocycles. The van der Waals surface area contributed by atoms with E-state index in [1.165, 1.54) is 30.7 Å². The summed E-state index contributed by atoms with van der Waals surface area (Å²) in [7, 11) is 0. The SMILES string of the molecule is CCCCCCCc1ccc(-c2ccc(-c3cc(F)c(/C=C/C(F)(F)F)c(F)c3)cc2F)c(F)c1. The maximum absolute atomic E-state index is 14.9. The van der Waals surface area contributed by atoms with Crippen LogP contribution in [-0.4, -0.2) is 6.18 Å². The third kappa shape index (κ3) is 7.20. The molecular weight excluding hydrogens is 469 g/mol. The lowest BCUT2D eigenvalue weighted by Gasteiger charge is -2.11. The van der Waals surface area contributed by atoms with Gasteiger partial charge in [0.05, 0.1) is 0 Å². The number of hydrogen-bond donors (Lipinski definition) is 0. The number of aryl methyl sites for hydroxylation is 1. The fourth-order valence-corrected chi connectivity index (χ4v) is 3.87. The van der Waals surface area contributed by atoms with Crippen molar-refractivity contribution in [3.63, 3.8) is 0 Å². The second-order valence-electron chi connectivity index (χ2n) is 8.40. The van der Waals surface area contributed by atoms with Crippen molar-refractivity contribution in [1.29, 1.82) is 0 Å². The molecule has 0 aromatic heterocycles. The summed E-state index contributed by atoms with van der Waals surface area (Å²) in [6.45, 7) is 2.13. The lowest BCUT2D eigenvalue weighted by molar-refractivity contribution is -0.0790. The first-order chi connectivity index (χ1) is 16.6. The first-order valence-electron chi connectivity index (χ1n) is 11.4. The van der Waals surface area contributed by atoms with Crippen LogP contribution in [0.2, 0.25) is 0 Å². The van der Waals surface area contributed by atoms with Crippen molar-refractivity contribution in [3.05, 3.63) is 89.0 Å². The van der Waals surface area contributed by atoms with Gasteiger partial charge in [-0.15, -0.1) is 0 Å². The highest BCUT2D eigenvalue weighted by Crippen LogP contribution is 2.32. The Bertz CT molecular complexity index is 1170. The maximum atomic E-state index is 14.9. The van der Waals surface area contributed by atoms with Crippen LogP contribution in [0.3, 0.4) is 0 Å². The molecule has 186 valence electrons. The summed E-state index contributed by atoms with van der Waals surface area (Å²) in [5.74, 6) is -3.81. The molecule has 0 heterocycles. The summed E-state index contributed by atoms with van der Waals surface area (Å²) in [5.41, 5.74) is 0.0642. The largest absolute Gasteiger partial charge is 0.409 e. The molecule has 0 amide bonds. The summed E-state index contributed by atoms with van der Waals surface area (Å²) < 4.78 is 95.0. The Morgan fingerprint density at radius 3 is 1.80 bits per heavy atom. The van der Waals surface area contributed by atoms with Crippen LogP contribution in [0.4, 0.5) is 30.7 Å². The molecule has 0 N–H and O–H groups in total. The minimum Gasteiger partial charge on any atom is -0.206 e. The van der Waals surface area contributed by atoms with Gasteiger partial charge in [-0.25, -0.2) is 17.6 Å². The van der Waals surface area contributed by atoms with Crippen LogP contribution in [0.15, 0.2) is 54.6 Å². The van der Waals surface area contributed by atoms with Gasteiger partial charge in [0.2, 0.25) is 0 Å². The van der Waals surface area contributed by atoms with Crippen LogP contribution in [-0.2, 0) is 6.42 Å². The third-order valence-electron chi connectivity index (χ3n) is 5.71. The van der Waals surface area contributed by atoms with Gasteiger partial charge >= 0.3 is 6.18 Å². The van der Waals surface area contributed by atoms with Crippen LogP contribution < -0.4 is 0 Å². The molecule has 0 radical (unpaired) electrons. The Kier molecular flexibility index (Phi) is 8.76. The zero-order valence-electron chi connectivity index (χ0n) is 19.2. The molecule has 7 heteroatoms.